The topological polar surface area (TPSA) is 48.1 Å². The van der Waals surface area contributed by atoms with Gasteiger partial charge in [-0.2, -0.15) is 0 Å². The molecule has 8 atom stereocenters. The lowest BCUT2D eigenvalue weighted by atomic mass is 9.80. The molecule has 1 aromatic rings. The first-order chi connectivity index (χ1) is 13.7. The van der Waals surface area contributed by atoms with Crippen molar-refractivity contribution in [2.45, 2.75) is 88.6 Å². The highest BCUT2D eigenvalue weighted by Crippen LogP contribution is 2.31. The van der Waals surface area contributed by atoms with Crippen molar-refractivity contribution in [3.63, 3.8) is 0 Å². The monoisotopic (exact) mass is 382 g/mol. The Morgan fingerprint density at radius 3 is 1.46 bits per heavy atom. The molecule has 2 aliphatic heterocycles. The third-order valence-corrected chi connectivity index (χ3v) is 7.97. The van der Waals surface area contributed by atoms with Crippen molar-refractivity contribution in [3.05, 3.63) is 35.4 Å². The van der Waals surface area contributed by atoms with Crippen LogP contribution in [-0.2, 0) is 0 Å². The summed E-state index contributed by atoms with van der Waals surface area (Å²) in [5.41, 5.74) is 2.86. The predicted molar refractivity (Wildman–Crippen MR) is 115 cm³/mol. The van der Waals surface area contributed by atoms with E-state index in [2.05, 4.69) is 59.4 Å². The Bertz CT molecular complexity index is 602. The fourth-order valence-electron chi connectivity index (χ4n) is 6.17. The second-order valence-electron chi connectivity index (χ2n) is 10.2. The van der Waals surface area contributed by atoms with E-state index in [-0.39, 0.29) is 0 Å². The number of hydrogen-bond acceptors (Lipinski definition) is 4. The molecule has 4 fully saturated rings. The maximum absolute atomic E-state index is 3.94. The first-order valence-electron chi connectivity index (χ1n) is 11.7. The van der Waals surface area contributed by atoms with Gasteiger partial charge in [-0.25, -0.2) is 0 Å². The maximum atomic E-state index is 3.94. The summed E-state index contributed by atoms with van der Waals surface area (Å²) in [6.45, 7) is 6.90. The fraction of sp³-hybridized carbons (Fsp3) is 0.750. The van der Waals surface area contributed by atoms with Gasteiger partial charge < -0.3 is 21.3 Å². The number of rotatable bonds is 2. The van der Waals surface area contributed by atoms with Crippen LogP contribution in [0.25, 0.3) is 0 Å². The van der Waals surface area contributed by atoms with Crippen molar-refractivity contribution in [2.24, 2.45) is 11.8 Å². The molecule has 2 saturated carbocycles. The Kier molecular flexibility index (Phi) is 5.48. The molecule has 4 aliphatic rings. The minimum Gasteiger partial charge on any atom is -0.311 e. The summed E-state index contributed by atoms with van der Waals surface area (Å²) in [5, 5.41) is 15.5. The van der Waals surface area contributed by atoms with Gasteiger partial charge >= 0.3 is 0 Å². The summed E-state index contributed by atoms with van der Waals surface area (Å²) in [7, 11) is 0. The SMILES string of the molecule is CC1CCC2NC(c3ccc(C4CNC5CC(C)CCC5N4)cc3)CNC2C1. The molecule has 1 aromatic carbocycles. The van der Waals surface area contributed by atoms with Crippen LogP contribution in [0.1, 0.15) is 75.6 Å². The van der Waals surface area contributed by atoms with Crippen LogP contribution in [0.5, 0.6) is 0 Å². The molecule has 5 rings (SSSR count). The first kappa shape index (κ1) is 19.0. The molecule has 2 heterocycles. The van der Waals surface area contributed by atoms with Crippen LogP contribution in [0.3, 0.4) is 0 Å². The number of nitrogens with one attached hydrogen (secondary N) is 4. The van der Waals surface area contributed by atoms with Crippen molar-refractivity contribution in [1.82, 2.24) is 21.3 Å². The summed E-state index contributed by atoms with van der Waals surface area (Å²) in [6, 6.07) is 13.0. The highest BCUT2D eigenvalue weighted by Gasteiger charge is 2.35. The normalized spacial score (nSPS) is 43.8. The zero-order valence-electron chi connectivity index (χ0n) is 17.6. The molecule has 8 unspecified atom stereocenters. The molecule has 0 amide bonds. The zero-order valence-corrected chi connectivity index (χ0v) is 17.6. The van der Waals surface area contributed by atoms with E-state index in [1.54, 1.807) is 0 Å². The van der Waals surface area contributed by atoms with Crippen LogP contribution in [0.2, 0.25) is 0 Å². The summed E-state index contributed by atoms with van der Waals surface area (Å²) in [5.74, 6) is 1.74. The van der Waals surface area contributed by atoms with Gasteiger partial charge in [0.15, 0.2) is 0 Å². The third kappa shape index (κ3) is 3.89. The van der Waals surface area contributed by atoms with Crippen LogP contribution >= 0.6 is 0 Å². The summed E-state index contributed by atoms with van der Waals surface area (Å²) in [4.78, 5) is 0. The Labute approximate surface area is 170 Å². The van der Waals surface area contributed by atoms with E-state index in [0.717, 1.165) is 24.9 Å². The van der Waals surface area contributed by atoms with E-state index >= 15 is 0 Å². The van der Waals surface area contributed by atoms with E-state index in [1.165, 1.54) is 49.7 Å². The van der Waals surface area contributed by atoms with Crippen molar-refractivity contribution in [2.75, 3.05) is 13.1 Å². The molecule has 4 nitrogen and oxygen atoms in total. The first-order valence-corrected chi connectivity index (χ1v) is 11.7. The molecule has 0 bridgehead atoms. The van der Waals surface area contributed by atoms with E-state index < -0.39 is 0 Å². The molecule has 4 heteroatoms. The van der Waals surface area contributed by atoms with Crippen LogP contribution in [0, 0.1) is 11.8 Å². The van der Waals surface area contributed by atoms with Crippen molar-refractivity contribution >= 4 is 0 Å². The van der Waals surface area contributed by atoms with Gasteiger partial charge in [0.2, 0.25) is 0 Å². The largest absolute Gasteiger partial charge is 0.311 e. The number of benzene rings is 1. The van der Waals surface area contributed by atoms with Gasteiger partial charge in [-0.3, -0.25) is 0 Å². The minimum absolute atomic E-state index is 0.449. The highest BCUT2D eigenvalue weighted by atomic mass is 15.1. The van der Waals surface area contributed by atoms with Gasteiger partial charge in [0.25, 0.3) is 0 Å². The zero-order chi connectivity index (χ0) is 19.1. The van der Waals surface area contributed by atoms with Gasteiger partial charge in [-0.05, 0) is 61.5 Å². The van der Waals surface area contributed by atoms with E-state index in [4.69, 9.17) is 0 Å². The van der Waals surface area contributed by atoms with E-state index in [1.807, 2.05) is 0 Å². The lowest BCUT2D eigenvalue weighted by Crippen LogP contribution is -2.59. The molecule has 0 radical (unpaired) electrons. The van der Waals surface area contributed by atoms with Gasteiger partial charge in [0.05, 0.1) is 0 Å². The molecular formula is C24H38N4. The molecule has 0 aromatic heterocycles. The Morgan fingerprint density at radius 1 is 0.607 bits per heavy atom. The Hall–Kier alpha value is -0.940. The summed E-state index contributed by atoms with van der Waals surface area (Å²) in [6.07, 6.45) is 8.00. The summed E-state index contributed by atoms with van der Waals surface area (Å²) >= 11 is 0. The molecular weight excluding hydrogens is 344 g/mol. The molecule has 2 aliphatic carbocycles. The van der Waals surface area contributed by atoms with Crippen molar-refractivity contribution < 1.29 is 0 Å². The van der Waals surface area contributed by atoms with Gasteiger partial charge in [0.1, 0.15) is 0 Å². The smallest absolute Gasteiger partial charge is 0.0449 e. The predicted octanol–water partition coefficient (Wildman–Crippen LogP) is 3.27. The standard InChI is InChI=1S/C24H38N4/c1-15-3-9-19-21(11-15)25-13-23(27-19)17-5-7-18(8-6-17)24-14-26-22-12-16(2)4-10-20(22)28-24/h5-8,15-16,19-28H,3-4,9-14H2,1-2H3. The average Bonchev–Trinajstić information content (AvgIpc) is 2.73. The molecule has 4 N–H and O–H groups in total. The van der Waals surface area contributed by atoms with E-state index in [0.29, 0.717) is 36.3 Å². The maximum Gasteiger partial charge on any atom is 0.0449 e. The minimum atomic E-state index is 0.449. The second-order valence-corrected chi connectivity index (χ2v) is 10.2. The van der Waals surface area contributed by atoms with Crippen LogP contribution in [0.4, 0.5) is 0 Å². The Morgan fingerprint density at radius 2 is 1.04 bits per heavy atom. The van der Waals surface area contributed by atoms with Gasteiger partial charge in [-0.15, -0.1) is 0 Å². The fourth-order valence-corrected chi connectivity index (χ4v) is 6.17. The average molecular weight is 383 g/mol. The van der Waals surface area contributed by atoms with Crippen LogP contribution in [-0.4, -0.2) is 37.3 Å². The second kappa shape index (κ2) is 8.06. The van der Waals surface area contributed by atoms with E-state index in [9.17, 15) is 0 Å². The number of piperazine rings is 2. The highest BCUT2D eigenvalue weighted by molar-refractivity contribution is 5.29. The molecule has 28 heavy (non-hydrogen) atoms. The van der Waals surface area contributed by atoms with Gasteiger partial charge in [0, 0.05) is 49.3 Å². The Balaban J connectivity index is 1.21. The quantitative estimate of drug-likeness (QED) is 0.634. The van der Waals surface area contributed by atoms with Crippen molar-refractivity contribution in [1.29, 1.82) is 0 Å². The molecule has 2 saturated heterocycles. The third-order valence-electron chi connectivity index (χ3n) is 7.97. The number of hydrogen-bond donors (Lipinski definition) is 4. The van der Waals surface area contributed by atoms with Crippen LogP contribution < -0.4 is 21.3 Å². The molecule has 154 valence electrons. The lowest BCUT2D eigenvalue weighted by molar-refractivity contribution is 0.180. The lowest BCUT2D eigenvalue weighted by Gasteiger charge is -2.44. The molecule has 0 spiro atoms. The van der Waals surface area contributed by atoms with Crippen LogP contribution in [0.15, 0.2) is 24.3 Å². The number of fused-ring (bicyclic) bond motifs is 2. The van der Waals surface area contributed by atoms with Crippen molar-refractivity contribution in [3.8, 4) is 0 Å². The summed E-state index contributed by atoms with van der Waals surface area (Å²) < 4.78 is 0. The van der Waals surface area contributed by atoms with Gasteiger partial charge in [-0.1, -0.05) is 38.1 Å².